The van der Waals surface area contributed by atoms with Crippen LogP contribution < -0.4 is 56.5 Å². The molecule has 100 heavy (non-hydrogen) atoms. The largest absolute Gasteiger partial charge is 0.394 e. The van der Waals surface area contributed by atoms with Crippen LogP contribution >= 0.6 is 0 Å². The molecule has 15 rings (SSSR count). The van der Waals surface area contributed by atoms with E-state index < -0.39 is 184 Å². The molecular weight excluding hydrogens is 1370 g/mol. The number of fused-ring (bicyclic) bond motifs is 5. The number of aliphatic hydroxyl groups is 10. The Morgan fingerprint density at radius 2 is 0.470 bits per heavy atom. The number of nitrogens with zero attached hydrogens (tertiary/aromatic N) is 15. The second-order valence-electron chi connectivity index (χ2n) is 22.3. The number of anilines is 5. The highest BCUT2D eigenvalue weighted by atomic mass is 19.2. The molecule has 5 aliphatic heterocycles. The van der Waals surface area contributed by atoms with Crippen LogP contribution in [0.15, 0.2) is 55.6 Å². The molecule has 5 fully saturated rings. The van der Waals surface area contributed by atoms with Crippen molar-refractivity contribution in [3.63, 3.8) is 0 Å². The monoisotopic (exact) mass is 1430 g/mol. The van der Waals surface area contributed by atoms with E-state index >= 15 is 0 Å². The van der Waals surface area contributed by atoms with E-state index in [0.717, 1.165) is 0 Å². The van der Waals surface area contributed by atoms with Crippen LogP contribution in [0.4, 0.5) is 51.7 Å². The minimum absolute atomic E-state index is 0.0167. The number of alkyl halides is 5. The maximum atomic E-state index is 14.0. The summed E-state index contributed by atoms with van der Waals surface area (Å²) in [5.74, 6) is -0.709. The van der Waals surface area contributed by atoms with Crippen molar-refractivity contribution in [3.05, 3.63) is 83.4 Å². The molecule has 0 aromatic carbocycles. The van der Waals surface area contributed by atoms with Gasteiger partial charge in [0.2, 0.25) is 29.7 Å². The standard InChI is InChI=1S/5C10H12FN5O4/c5*11-4-6(18)3(1-17)20-9(4)16-2-13-5-7(16)14-10(12)15-8(5)19/h5*2-4,6,9,17-18H,1H2,(H3,12,14,15,19)/t5*3-,4-,6-,9-/m11111/s1. The Morgan fingerprint density at radius 1 is 0.320 bits per heavy atom. The number of aromatic amines is 5. The molecule has 0 aliphatic carbocycles. The van der Waals surface area contributed by atoms with Gasteiger partial charge in [0.1, 0.15) is 61.0 Å². The summed E-state index contributed by atoms with van der Waals surface area (Å²) < 4.78 is 102. The number of hydrogen-bond acceptors (Lipinski definition) is 35. The van der Waals surface area contributed by atoms with Crippen LogP contribution in [-0.2, 0) is 23.7 Å². The molecule has 0 amide bonds. The predicted molar refractivity (Wildman–Crippen MR) is 322 cm³/mol. The number of halogens is 5. The van der Waals surface area contributed by atoms with Gasteiger partial charge in [-0.3, -0.25) is 71.7 Å². The third kappa shape index (κ3) is 13.1. The molecule has 50 heteroatoms. The molecule has 0 spiro atoms. The first-order chi connectivity index (χ1) is 47.6. The van der Waals surface area contributed by atoms with Crippen molar-refractivity contribution in [1.29, 1.82) is 0 Å². The van der Waals surface area contributed by atoms with E-state index in [-0.39, 0.29) is 85.6 Å². The van der Waals surface area contributed by atoms with Crippen LogP contribution in [0, 0.1) is 0 Å². The van der Waals surface area contributed by atoms with Crippen LogP contribution in [0.25, 0.3) is 55.8 Å². The fourth-order valence-corrected chi connectivity index (χ4v) is 11.0. The molecule has 25 N–H and O–H groups in total. The minimum atomic E-state index is -1.79. The maximum Gasteiger partial charge on any atom is 0.280 e. The van der Waals surface area contributed by atoms with Crippen molar-refractivity contribution in [2.75, 3.05) is 61.7 Å². The molecule has 0 saturated carbocycles. The minimum Gasteiger partial charge on any atom is -0.394 e. The summed E-state index contributed by atoms with van der Waals surface area (Å²) in [4.78, 5) is 108. The number of imidazole rings is 5. The van der Waals surface area contributed by atoms with Gasteiger partial charge in [-0.05, 0) is 0 Å². The third-order valence-electron chi connectivity index (χ3n) is 16.0. The lowest BCUT2D eigenvalue weighted by molar-refractivity contribution is -0.0459. The zero-order chi connectivity index (χ0) is 72.2. The van der Waals surface area contributed by atoms with Crippen molar-refractivity contribution < 1.29 is 96.7 Å². The number of H-pyrrole nitrogens is 5. The first kappa shape index (κ1) is 71.1. The predicted octanol–water partition coefficient (Wildman–Crippen LogP) is -8.55. The van der Waals surface area contributed by atoms with E-state index in [1.54, 1.807) is 0 Å². The number of nitrogens with two attached hydrogens (primary N) is 5. The molecule has 5 saturated heterocycles. The topological polar surface area (TPSA) is 696 Å². The Kier molecular flexibility index (Phi) is 20.3. The van der Waals surface area contributed by atoms with Gasteiger partial charge in [-0.1, -0.05) is 0 Å². The molecule has 540 valence electrons. The van der Waals surface area contributed by atoms with E-state index in [1.807, 2.05) is 0 Å². The number of aromatic nitrogens is 20. The summed E-state index contributed by atoms with van der Waals surface area (Å²) in [6.45, 7) is -2.63. The van der Waals surface area contributed by atoms with Gasteiger partial charge in [-0.15, -0.1) is 0 Å². The second-order valence-corrected chi connectivity index (χ2v) is 22.3. The van der Waals surface area contributed by atoms with E-state index in [2.05, 4.69) is 74.8 Å². The van der Waals surface area contributed by atoms with Gasteiger partial charge in [0.15, 0.2) is 118 Å². The number of hydrogen-bond donors (Lipinski definition) is 20. The summed E-state index contributed by atoms with van der Waals surface area (Å²) in [7, 11) is 0. The van der Waals surface area contributed by atoms with Crippen LogP contribution in [0.1, 0.15) is 31.1 Å². The maximum absolute atomic E-state index is 14.0. The molecule has 20 atom stereocenters. The van der Waals surface area contributed by atoms with Gasteiger partial charge in [-0.2, -0.15) is 24.9 Å². The molecule has 15 heterocycles. The van der Waals surface area contributed by atoms with Crippen LogP contribution in [0.3, 0.4) is 0 Å². The number of nitrogen functional groups attached to an aromatic ring is 5. The highest BCUT2D eigenvalue weighted by Gasteiger charge is 2.50. The lowest BCUT2D eigenvalue weighted by Gasteiger charge is -2.14. The van der Waals surface area contributed by atoms with Gasteiger partial charge >= 0.3 is 0 Å². The van der Waals surface area contributed by atoms with Gasteiger partial charge in [-0.25, -0.2) is 46.9 Å². The molecule has 5 aliphatic rings. The average molecular weight is 1430 g/mol. The van der Waals surface area contributed by atoms with Crippen molar-refractivity contribution in [3.8, 4) is 0 Å². The average Bonchev–Trinajstić information content (AvgIpc) is 1.60. The summed E-state index contributed by atoms with van der Waals surface area (Å²) in [5.41, 5.74) is 24.5. The van der Waals surface area contributed by atoms with Gasteiger partial charge < -0.3 is 103 Å². The number of aliphatic hydroxyl groups excluding tert-OH is 10. The lowest BCUT2D eigenvalue weighted by Crippen LogP contribution is -2.30. The summed E-state index contributed by atoms with van der Waals surface area (Å²) in [6, 6.07) is 0. The summed E-state index contributed by atoms with van der Waals surface area (Å²) in [5, 5.41) is 93.0. The molecular formula is C50H60F5N25O20. The van der Waals surface area contributed by atoms with Gasteiger partial charge in [0, 0.05) is 0 Å². The smallest absolute Gasteiger partial charge is 0.280 e. The summed E-state index contributed by atoms with van der Waals surface area (Å²) in [6.07, 6.45) is -21.8. The zero-order valence-corrected chi connectivity index (χ0v) is 50.5. The van der Waals surface area contributed by atoms with Crippen molar-refractivity contribution in [2.45, 2.75) is 123 Å². The number of nitrogens with one attached hydrogen (secondary N) is 5. The Hall–Kier alpha value is -10.2. The van der Waals surface area contributed by atoms with Crippen LogP contribution in [0.2, 0.25) is 0 Å². The first-order valence-electron chi connectivity index (χ1n) is 29.2. The van der Waals surface area contributed by atoms with E-state index in [1.165, 1.54) is 54.5 Å². The molecule has 45 nitrogen and oxygen atoms in total. The fraction of sp³-hybridized carbons (Fsp3) is 0.500. The van der Waals surface area contributed by atoms with E-state index in [4.69, 9.17) is 77.9 Å². The van der Waals surface area contributed by atoms with Gasteiger partial charge in [0.25, 0.3) is 27.8 Å². The van der Waals surface area contributed by atoms with E-state index in [0.29, 0.717) is 0 Å². The summed E-state index contributed by atoms with van der Waals surface area (Å²) >= 11 is 0. The molecule has 0 unspecified atom stereocenters. The molecule has 0 bridgehead atoms. The Morgan fingerprint density at radius 3 is 0.600 bits per heavy atom. The van der Waals surface area contributed by atoms with Crippen molar-refractivity contribution >= 4 is 85.6 Å². The van der Waals surface area contributed by atoms with Crippen molar-refractivity contribution in [2.24, 2.45) is 0 Å². The van der Waals surface area contributed by atoms with Crippen molar-refractivity contribution in [1.82, 2.24) is 97.6 Å². The number of ether oxygens (including phenoxy) is 5. The SMILES string of the molecule is Nc1nc2c(ncn2[C@@H]2O[C@H](CO)[C@@H](O)[C@H]2F)c(=O)[nH]1.Nc1nc2c(ncn2[C@@H]2O[C@H](CO)[C@@H](O)[C@H]2F)c(=O)[nH]1.Nc1nc2c(ncn2[C@@H]2O[C@H](CO)[C@@H](O)[C@H]2F)c(=O)[nH]1.Nc1nc2c(ncn2[C@@H]2O[C@H](CO)[C@@H](O)[C@H]2F)c(=O)[nH]1.Nc1nc2c(ncn2[C@@H]2O[C@H](CO)[C@@H](O)[C@H]2F)c(=O)[nH]1. The third-order valence-corrected chi connectivity index (χ3v) is 16.0. The molecule has 0 radical (unpaired) electrons. The normalized spacial score (nSPS) is 30.1. The van der Waals surface area contributed by atoms with E-state index in [9.17, 15) is 71.5 Å². The highest BCUT2D eigenvalue weighted by Crippen LogP contribution is 2.38. The molecule has 10 aromatic heterocycles. The molecule has 10 aromatic rings. The second kappa shape index (κ2) is 28.6. The zero-order valence-electron chi connectivity index (χ0n) is 50.5. The van der Waals surface area contributed by atoms with Gasteiger partial charge in [0.05, 0.1) is 64.7 Å². The Bertz CT molecular complexity index is 4200. The first-order valence-corrected chi connectivity index (χ1v) is 29.2. The quantitative estimate of drug-likeness (QED) is 0.0566. The Balaban J connectivity index is 0.000000126. The fourth-order valence-electron chi connectivity index (χ4n) is 11.0. The lowest BCUT2D eigenvalue weighted by atomic mass is 10.1. The van der Waals surface area contributed by atoms with Crippen LogP contribution in [-0.4, -0.2) is 274 Å². The Labute approximate surface area is 546 Å². The number of rotatable bonds is 10. The highest BCUT2D eigenvalue weighted by molar-refractivity contribution is 5.73. The van der Waals surface area contributed by atoms with Crippen LogP contribution in [0.5, 0.6) is 0 Å².